The summed E-state index contributed by atoms with van der Waals surface area (Å²) in [5.41, 5.74) is 1.67. The molecule has 0 spiro atoms. The maximum Gasteiger partial charge on any atom is 0.335 e. The fraction of sp³-hybridized carbons (Fsp3) is 0.400. The van der Waals surface area contributed by atoms with Crippen LogP contribution in [0.5, 0.6) is 0 Å². The molecule has 1 saturated carbocycles. The molecule has 110 valence electrons. The highest BCUT2D eigenvalue weighted by molar-refractivity contribution is 5.92. The largest absolute Gasteiger partial charge is 0.478 e. The van der Waals surface area contributed by atoms with Crippen molar-refractivity contribution in [2.24, 2.45) is 0 Å². The molecule has 1 N–H and O–H groups in total. The topological polar surface area (TPSA) is 75.4 Å². The lowest BCUT2D eigenvalue weighted by Gasteiger charge is -2.13. The van der Waals surface area contributed by atoms with Crippen molar-refractivity contribution in [3.05, 3.63) is 29.6 Å². The smallest absolute Gasteiger partial charge is 0.335 e. The third kappa shape index (κ3) is 2.49. The molecule has 6 nitrogen and oxygen atoms in total. The van der Waals surface area contributed by atoms with Gasteiger partial charge in [0.25, 0.3) is 0 Å². The summed E-state index contributed by atoms with van der Waals surface area (Å²) in [6.45, 7) is 0.238. The number of aromatic nitrogens is 2. The molecule has 1 amide bonds. The summed E-state index contributed by atoms with van der Waals surface area (Å²) in [5.74, 6) is 0.311. The maximum atomic E-state index is 12.0. The van der Waals surface area contributed by atoms with Crippen LogP contribution in [0.4, 0.5) is 0 Å². The van der Waals surface area contributed by atoms with Gasteiger partial charge in [-0.3, -0.25) is 4.79 Å². The molecule has 0 saturated heterocycles. The number of hydrogen-bond acceptors (Lipinski definition) is 3. The number of hydrogen-bond donors (Lipinski definition) is 1. The van der Waals surface area contributed by atoms with Gasteiger partial charge in [0.05, 0.1) is 16.6 Å². The highest BCUT2D eigenvalue weighted by Gasteiger charge is 2.30. The van der Waals surface area contributed by atoms with Gasteiger partial charge in [0, 0.05) is 20.0 Å². The van der Waals surface area contributed by atoms with E-state index in [0.29, 0.717) is 11.4 Å². The standard InChI is InChI=1S/C15H17N3O3/c1-17(2)13(19)8-18-12-6-5-10(15(20)21)7-11(12)16-14(18)9-3-4-9/h5-7,9H,3-4,8H2,1-2H3,(H,20,21). The molecule has 0 radical (unpaired) electrons. The number of carbonyl (C=O) groups excluding carboxylic acids is 1. The molecule has 2 aromatic rings. The summed E-state index contributed by atoms with van der Waals surface area (Å²) in [7, 11) is 3.45. The molecule has 1 aromatic carbocycles. The number of fused-ring (bicyclic) bond motifs is 1. The molecule has 1 aliphatic carbocycles. The maximum absolute atomic E-state index is 12.0. The van der Waals surface area contributed by atoms with Gasteiger partial charge in [-0.15, -0.1) is 0 Å². The van der Waals surface area contributed by atoms with Gasteiger partial charge < -0.3 is 14.6 Å². The fourth-order valence-electron chi connectivity index (χ4n) is 2.38. The summed E-state index contributed by atoms with van der Waals surface area (Å²) in [6, 6.07) is 4.86. The molecule has 3 rings (SSSR count). The number of benzene rings is 1. The van der Waals surface area contributed by atoms with Crippen molar-refractivity contribution >= 4 is 22.9 Å². The van der Waals surface area contributed by atoms with Crippen LogP contribution in [0.15, 0.2) is 18.2 Å². The summed E-state index contributed by atoms with van der Waals surface area (Å²) >= 11 is 0. The van der Waals surface area contributed by atoms with E-state index in [1.807, 2.05) is 4.57 Å². The van der Waals surface area contributed by atoms with E-state index < -0.39 is 5.97 Å². The Kier molecular flexibility index (Phi) is 3.16. The van der Waals surface area contributed by atoms with Gasteiger partial charge in [0.2, 0.25) is 5.91 Å². The Bertz CT molecular complexity index is 729. The van der Waals surface area contributed by atoms with Gasteiger partial charge >= 0.3 is 5.97 Å². The number of carboxylic acids is 1. The normalized spacial score (nSPS) is 14.4. The number of aromatic carboxylic acids is 1. The van der Waals surface area contributed by atoms with Crippen LogP contribution in [-0.4, -0.2) is 45.5 Å². The third-order valence-electron chi connectivity index (χ3n) is 3.76. The SMILES string of the molecule is CN(C)C(=O)Cn1c(C2CC2)nc2cc(C(=O)O)ccc21. The Morgan fingerprint density at radius 2 is 2.10 bits per heavy atom. The first-order valence-electron chi connectivity index (χ1n) is 6.91. The molecule has 0 bridgehead atoms. The van der Waals surface area contributed by atoms with E-state index in [0.717, 1.165) is 24.2 Å². The number of amides is 1. The van der Waals surface area contributed by atoms with Crippen LogP contribution in [0.25, 0.3) is 11.0 Å². The first kappa shape index (κ1) is 13.6. The highest BCUT2D eigenvalue weighted by atomic mass is 16.4. The molecule has 1 aromatic heterocycles. The Labute approximate surface area is 122 Å². The zero-order chi connectivity index (χ0) is 15.1. The molecule has 1 fully saturated rings. The summed E-state index contributed by atoms with van der Waals surface area (Å²) in [5, 5.41) is 9.06. The zero-order valence-electron chi connectivity index (χ0n) is 12.0. The molecular formula is C15H17N3O3. The van der Waals surface area contributed by atoms with Crippen molar-refractivity contribution in [3.63, 3.8) is 0 Å². The lowest BCUT2D eigenvalue weighted by atomic mass is 10.2. The van der Waals surface area contributed by atoms with E-state index in [1.165, 1.54) is 0 Å². The Morgan fingerprint density at radius 1 is 1.38 bits per heavy atom. The molecule has 21 heavy (non-hydrogen) atoms. The highest BCUT2D eigenvalue weighted by Crippen LogP contribution is 2.40. The summed E-state index contributed by atoms with van der Waals surface area (Å²) in [4.78, 5) is 29.2. The Morgan fingerprint density at radius 3 is 2.67 bits per heavy atom. The summed E-state index contributed by atoms with van der Waals surface area (Å²) < 4.78 is 1.92. The van der Waals surface area contributed by atoms with Gasteiger partial charge in [-0.2, -0.15) is 0 Å². The van der Waals surface area contributed by atoms with Crippen LogP contribution >= 0.6 is 0 Å². The van der Waals surface area contributed by atoms with Crippen LogP contribution < -0.4 is 0 Å². The lowest BCUT2D eigenvalue weighted by molar-refractivity contribution is -0.129. The predicted octanol–water partition coefficient (Wildman–Crippen LogP) is 1.70. The molecular weight excluding hydrogens is 270 g/mol. The molecule has 1 heterocycles. The van der Waals surface area contributed by atoms with Gasteiger partial charge in [-0.25, -0.2) is 9.78 Å². The number of imidazole rings is 1. The van der Waals surface area contributed by atoms with Crippen LogP contribution in [0.1, 0.15) is 34.9 Å². The van der Waals surface area contributed by atoms with Gasteiger partial charge in [-0.1, -0.05) is 0 Å². The van der Waals surface area contributed by atoms with Gasteiger partial charge in [0.15, 0.2) is 0 Å². The number of nitrogens with zero attached hydrogens (tertiary/aromatic N) is 3. The van der Waals surface area contributed by atoms with Crippen LogP contribution in [-0.2, 0) is 11.3 Å². The monoisotopic (exact) mass is 287 g/mol. The molecule has 0 atom stereocenters. The van der Waals surface area contributed by atoms with E-state index in [-0.39, 0.29) is 18.0 Å². The van der Waals surface area contributed by atoms with E-state index in [1.54, 1.807) is 37.2 Å². The van der Waals surface area contributed by atoms with Crippen molar-refractivity contribution in [3.8, 4) is 0 Å². The van der Waals surface area contributed by atoms with E-state index in [2.05, 4.69) is 4.98 Å². The second kappa shape index (κ2) is 4.87. The third-order valence-corrected chi connectivity index (χ3v) is 3.76. The van der Waals surface area contributed by atoms with Gasteiger partial charge in [-0.05, 0) is 31.0 Å². The second-order valence-electron chi connectivity index (χ2n) is 5.63. The summed E-state index contributed by atoms with van der Waals surface area (Å²) in [6.07, 6.45) is 2.15. The van der Waals surface area contributed by atoms with Crippen molar-refractivity contribution in [1.29, 1.82) is 0 Å². The average molecular weight is 287 g/mol. The minimum Gasteiger partial charge on any atom is -0.478 e. The van der Waals surface area contributed by atoms with Crippen LogP contribution in [0.2, 0.25) is 0 Å². The lowest BCUT2D eigenvalue weighted by Crippen LogP contribution is -2.26. The molecule has 0 aliphatic heterocycles. The number of likely N-dealkylation sites (N-methyl/N-ethyl adjacent to an activating group) is 1. The van der Waals surface area contributed by atoms with Crippen LogP contribution in [0.3, 0.4) is 0 Å². The molecule has 6 heteroatoms. The van der Waals surface area contributed by atoms with Crippen molar-refractivity contribution in [2.45, 2.75) is 25.3 Å². The first-order valence-corrected chi connectivity index (χ1v) is 6.91. The quantitative estimate of drug-likeness (QED) is 0.928. The molecule has 0 unspecified atom stereocenters. The fourth-order valence-corrected chi connectivity index (χ4v) is 2.38. The van der Waals surface area contributed by atoms with Crippen LogP contribution in [0, 0.1) is 0 Å². The average Bonchev–Trinajstić information content (AvgIpc) is 3.22. The van der Waals surface area contributed by atoms with E-state index >= 15 is 0 Å². The Balaban J connectivity index is 2.09. The van der Waals surface area contributed by atoms with Crippen molar-refractivity contribution in [2.75, 3.05) is 14.1 Å². The van der Waals surface area contributed by atoms with E-state index in [4.69, 9.17) is 5.11 Å². The second-order valence-corrected chi connectivity index (χ2v) is 5.63. The number of carbonyl (C=O) groups is 2. The zero-order valence-corrected chi connectivity index (χ0v) is 12.0. The van der Waals surface area contributed by atoms with Crippen molar-refractivity contribution in [1.82, 2.24) is 14.5 Å². The Hall–Kier alpha value is -2.37. The minimum atomic E-state index is -0.969. The number of carboxylic acid groups (broad SMARTS) is 1. The van der Waals surface area contributed by atoms with Gasteiger partial charge in [0.1, 0.15) is 12.4 Å². The predicted molar refractivity (Wildman–Crippen MR) is 77.4 cm³/mol. The first-order chi connectivity index (χ1) is 9.97. The molecule has 1 aliphatic rings. The minimum absolute atomic E-state index is 0.00138. The van der Waals surface area contributed by atoms with E-state index in [9.17, 15) is 9.59 Å². The van der Waals surface area contributed by atoms with Crippen molar-refractivity contribution < 1.29 is 14.7 Å². The number of rotatable bonds is 4.